The van der Waals surface area contributed by atoms with Crippen LogP contribution in [0.25, 0.3) is 0 Å². The van der Waals surface area contributed by atoms with Gasteiger partial charge in [0.2, 0.25) is 0 Å². The van der Waals surface area contributed by atoms with Gasteiger partial charge in [0, 0.05) is 0 Å². The second-order valence-electron chi connectivity index (χ2n) is 5.28. The average molecular weight is 253 g/mol. The van der Waals surface area contributed by atoms with Crippen LogP contribution in [-0.4, -0.2) is 6.54 Å². The predicted molar refractivity (Wildman–Crippen MR) is 79.0 cm³/mol. The summed E-state index contributed by atoms with van der Waals surface area (Å²) < 4.78 is 6.13. The minimum absolute atomic E-state index is 0.0913. The van der Waals surface area contributed by atoms with E-state index in [2.05, 4.69) is 50.4 Å². The molecule has 2 aromatic rings. The van der Waals surface area contributed by atoms with Gasteiger partial charge in [0.25, 0.3) is 0 Å². The van der Waals surface area contributed by atoms with Crippen LogP contribution in [0.5, 0.6) is 5.75 Å². The van der Waals surface area contributed by atoms with Crippen molar-refractivity contribution in [3.8, 4) is 5.75 Å². The van der Waals surface area contributed by atoms with E-state index >= 15 is 0 Å². The third-order valence-corrected chi connectivity index (χ3v) is 3.87. The van der Waals surface area contributed by atoms with Crippen LogP contribution in [0.1, 0.15) is 28.4 Å². The molecule has 0 fully saturated rings. The molecule has 0 saturated carbocycles. The van der Waals surface area contributed by atoms with E-state index in [-0.39, 0.29) is 6.10 Å². The Kier molecular flexibility index (Phi) is 2.94. The molecule has 1 atom stereocenters. The summed E-state index contributed by atoms with van der Waals surface area (Å²) in [6.45, 7) is 7.21. The maximum absolute atomic E-state index is 6.13. The lowest BCUT2D eigenvalue weighted by molar-refractivity contribution is 0.210. The highest BCUT2D eigenvalue weighted by Crippen LogP contribution is 2.36. The lowest BCUT2D eigenvalue weighted by Gasteiger charge is -2.29. The van der Waals surface area contributed by atoms with Crippen molar-refractivity contribution in [2.45, 2.75) is 26.9 Å². The second kappa shape index (κ2) is 4.61. The molecule has 0 bridgehead atoms. The summed E-state index contributed by atoms with van der Waals surface area (Å²) in [5.41, 5.74) is 6.24. The Hall–Kier alpha value is -1.96. The Morgan fingerprint density at radius 1 is 1.00 bits per heavy atom. The zero-order chi connectivity index (χ0) is 13.4. The zero-order valence-electron chi connectivity index (χ0n) is 11.7. The number of aryl methyl sites for hydroxylation is 3. The number of hydrogen-bond donors (Lipinski definition) is 1. The molecule has 3 rings (SSSR count). The first-order chi connectivity index (χ1) is 9.15. The Bertz CT molecular complexity index is 619. The van der Waals surface area contributed by atoms with E-state index in [0.717, 1.165) is 18.0 Å². The van der Waals surface area contributed by atoms with Crippen LogP contribution in [0.2, 0.25) is 0 Å². The third-order valence-electron chi connectivity index (χ3n) is 3.87. The maximum Gasteiger partial charge on any atom is 0.143 e. The molecule has 98 valence electrons. The van der Waals surface area contributed by atoms with Crippen molar-refractivity contribution in [1.82, 2.24) is 0 Å². The SMILES string of the molecule is Cc1ccc(C2CNc3c(C)cccc3O2)cc1C. The summed E-state index contributed by atoms with van der Waals surface area (Å²) in [5, 5.41) is 3.49. The molecule has 0 aromatic heterocycles. The molecule has 1 heterocycles. The summed E-state index contributed by atoms with van der Waals surface area (Å²) >= 11 is 0. The first-order valence-corrected chi connectivity index (χ1v) is 6.72. The van der Waals surface area contributed by atoms with Gasteiger partial charge in [0.05, 0.1) is 12.2 Å². The van der Waals surface area contributed by atoms with Crippen molar-refractivity contribution in [1.29, 1.82) is 0 Å². The first kappa shape index (κ1) is 12.1. The molecule has 2 aromatic carbocycles. The largest absolute Gasteiger partial charge is 0.482 e. The number of nitrogens with one attached hydrogen (secondary N) is 1. The molecule has 0 spiro atoms. The summed E-state index contributed by atoms with van der Waals surface area (Å²) in [6.07, 6.45) is 0.0913. The van der Waals surface area contributed by atoms with E-state index in [9.17, 15) is 0 Å². The van der Waals surface area contributed by atoms with Crippen LogP contribution in [0.15, 0.2) is 36.4 Å². The molecule has 19 heavy (non-hydrogen) atoms. The maximum atomic E-state index is 6.13. The van der Waals surface area contributed by atoms with Gasteiger partial charge in [-0.1, -0.05) is 30.3 Å². The smallest absolute Gasteiger partial charge is 0.143 e. The summed E-state index contributed by atoms with van der Waals surface area (Å²) in [5.74, 6) is 0.953. The van der Waals surface area contributed by atoms with E-state index in [1.165, 1.54) is 22.3 Å². The van der Waals surface area contributed by atoms with Crippen LogP contribution < -0.4 is 10.1 Å². The molecule has 0 amide bonds. The highest BCUT2D eigenvalue weighted by molar-refractivity contribution is 5.63. The number of benzene rings is 2. The standard InChI is InChI=1S/C17H19NO/c1-11-7-8-14(9-13(11)3)16-10-18-17-12(2)5-4-6-15(17)19-16/h4-9,16,18H,10H2,1-3H3. The normalized spacial score (nSPS) is 17.3. The fraction of sp³-hybridized carbons (Fsp3) is 0.294. The molecular formula is C17H19NO. The van der Waals surface area contributed by atoms with Crippen LogP contribution in [0.4, 0.5) is 5.69 Å². The third kappa shape index (κ3) is 2.19. The van der Waals surface area contributed by atoms with Gasteiger partial charge in [-0.05, 0) is 49.1 Å². The van der Waals surface area contributed by atoms with Gasteiger partial charge in [-0.15, -0.1) is 0 Å². The topological polar surface area (TPSA) is 21.3 Å². The fourth-order valence-corrected chi connectivity index (χ4v) is 2.51. The van der Waals surface area contributed by atoms with E-state index in [0.29, 0.717) is 0 Å². The average Bonchev–Trinajstić information content (AvgIpc) is 2.42. The number of ether oxygens (including phenoxy) is 1. The number of rotatable bonds is 1. The molecular weight excluding hydrogens is 234 g/mol. The number of fused-ring (bicyclic) bond motifs is 1. The summed E-state index contributed by atoms with van der Waals surface area (Å²) in [7, 11) is 0. The monoisotopic (exact) mass is 253 g/mol. The fourth-order valence-electron chi connectivity index (χ4n) is 2.51. The van der Waals surface area contributed by atoms with E-state index in [1.807, 2.05) is 12.1 Å². The van der Waals surface area contributed by atoms with Crippen molar-refractivity contribution in [3.05, 3.63) is 58.7 Å². The molecule has 0 saturated heterocycles. The minimum atomic E-state index is 0.0913. The molecule has 2 heteroatoms. The first-order valence-electron chi connectivity index (χ1n) is 6.72. The van der Waals surface area contributed by atoms with Gasteiger partial charge >= 0.3 is 0 Å². The molecule has 0 radical (unpaired) electrons. The van der Waals surface area contributed by atoms with Crippen molar-refractivity contribution in [2.24, 2.45) is 0 Å². The van der Waals surface area contributed by atoms with Crippen molar-refractivity contribution in [2.75, 3.05) is 11.9 Å². The summed E-state index contributed by atoms with van der Waals surface area (Å²) in [6, 6.07) is 12.7. The van der Waals surface area contributed by atoms with Crippen molar-refractivity contribution >= 4 is 5.69 Å². The van der Waals surface area contributed by atoms with Crippen molar-refractivity contribution in [3.63, 3.8) is 0 Å². The highest BCUT2D eigenvalue weighted by Gasteiger charge is 2.21. The quantitative estimate of drug-likeness (QED) is 0.824. The van der Waals surface area contributed by atoms with E-state index < -0.39 is 0 Å². The van der Waals surface area contributed by atoms with Crippen molar-refractivity contribution < 1.29 is 4.74 Å². The van der Waals surface area contributed by atoms with Gasteiger partial charge < -0.3 is 10.1 Å². The predicted octanol–water partition coefficient (Wildman–Crippen LogP) is 4.16. The molecule has 0 aliphatic carbocycles. The summed E-state index contributed by atoms with van der Waals surface area (Å²) in [4.78, 5) is 0. The lowest BCUT2D eigenvalue weighted by Crippen LogP contribution is -2.24. The molecule has 2 nitrogen and oxygen atoms in total. The van der Waals surface area contributed by atoms with Gasteiger partial charge in [-0.25, -0.2) is 0 Å². The molecule has 1 aliphatic rings. The number of hydrogen-bond acceptors (Lipinski definition) is 2. The molecule has 1 unspecified atom stereocenters. The van der Waals surface area contributed by atoms with Crippen LogP contribution in [-0.2, 0) is 0 Å². The van der Waals surface area contributed by atoms with Gasteiger partial charge in [0.15, 0.2) is 0 Å². The number of anilines is 1. The van der Waals surface area contributed by atoms with E-state index in [1.54, 1.807) is 0 Å². The van der Waals surface area contributed by atoms with Crippen LogP contribution in [0.3, 0.4) is 0 Å². The van der Waals surface area contributed by atoms with Crippen LogP contribution in [0, 0.1) is 20.8 Å². The zero-order valence-corrected chi connectivity index (χ0v) is 11.7. The van der Waals surface area contributed by atoms with E-state index in [4.69, 9.17) is 4.74 Å². The lowest BCUT2D eigenvalue weighted by atomic mass is 10.0. The Morgan fingerprint density at radius 3 is 2.63 bits per heavy atom. The van der Waals surface area contributed by atoms with Crippen LogP contribution >= 0.6 is 0 Å². The molecule has 1 N–H and O–H groups in total. The molecule has 1 aliphatic heterocycles. The Labute approximate surface area is 114 Å². The number of para-hydroxylation sites is 1. The minimum Gasteiger partial charge on any atom is -0.482 e. The Morgan fingerprint density at radius 2 is 1.84 bits per heavy atom. The second-order valence-corrected chi connectivity index (χ2v) is 5.28. The Balaban J connectivity index is 1.91. The van der Waals surface area contributed by atoms with Gasteiger partial charge in [-0.2, -0.15) is 0 Å². The van der Waals surface area contributed by atoms with Gasteiger partial charge in [-0.3, -0.25) is 0 Å². The van der Waals surface area contributed by atoms with Gasteiger partial charge in [0.1, 0.15) is 11.9 Å². The highest BCUT2D eigenvalue weighted by atomic mass is 16.5.